The van der Waals surface area contributed by atoms with Crippen LogP contribution in [0.4, 0.5) is 0 Å². The fraction of sp³-hybridized carbons (Fsp3) is 0.625. The van der Waals surface area contributed by atoms with Gasteiger partial charge in [0.15, 0.2) is 0 Å². The SMILES string of the molecule is CCCCCCC(C)Oc1cc(C)nc(C)c1C(=N)N. The molecule has 0 radical (unpaired) electrons. The van der Waals surface area contributed by atoms with Crippen molar-refractivity contribution in [3.63, 3.8) is 0 Å². The molecule has 0 bridgehead atoms. The fourth-order valence-electron chi connectivity index (χ4n) is 2.35. The molecule has 0 saturated heterocycles. The highest BCUT2D eigenvalue weighted by Gasteiger charge is 2.14. The number of nitrogens with two attached hydrogens (primary N) is 1. The third-order valence-electron chi connectivity index (χ3n) is 3.35. The lowest BCUT2D eigenvalue weighted by Crippen LogP contribution is -2.19. The zero-order valence-electron chi connectivity index (χ0n) is 13.1. The third-order valence-corrected chi connectivity index (χ3v) is 3.35. The second-order valence-corrected chi connectivity index (χ2v) is 5.41. The number of aryl methyl sites for hydroxylation is 2. The van der Waals surface area contributed by atoms with Crippen LogP contribution in [0.5, 0.6) is 5.75 Å². The molecule has 0 fully saturated rings. The minimum atomic E-state index is 0.0168. The number of aromatic nitrogens is 1. The molecular weight excluding hydrogens is 250 g/mol. The van der Waals surface area contributed by atoms with Gasteiger partial charge in [0, 0.05) is 11.8 Å². The summed E-state index contributed by atoms with van der Waals surface area (Å²) in [6.45, 7) is 8.07. The van der Waals surface area contributed by atoms with Gasteiger partial charge in [-0.05, 0) is 33.6 Å². The van der Waals surface area contributed by atoms with Gasteiger partial charge in [-0.15, -0.1) is 0 Å². The quantitative estimate of drug-likeness (QED) is 0.432. The Kier molecular flexibility index (Phi) is 6.49. The van der Waals surface area contributed by atoms with Crippen molar-refractivity contribution < 1.29 is 4.74 Å². The molecule has 3 N–H and O–H groups in total. The maximum Gasteiger partial charge on any atom is 0.134 e. The van der Waals surface area contributed by atoms with Crippen LogP contribution in [-0.2, 0) is 0 Å². The van der Waals surface area contributed by atoms with E-state index in [0.29, 0.717) is 11.3 Å². The molecule has 1 atom stereocenters. The number of hydrogen-bond donors (Lipinski definition) is 2. The monoisotopic (exact) mass is 277 g/mol. The Morgan fingerprint density at radius 2 is 2.05 bits per heavy atom. The van der Waals surface area contributed by atoms with Crippen LogP contribution in [0.3, 0.4) is 0 Å². The predicted molar refractivity (Wildman–Crippen MR) is 83.6 cm³/mol. The highest BCUT2D eigenvalue weighted by Crippen LogP contribution is 2.24. The first-order chi connectivity index (χ1) is 9.45. The number of nitrogen functional groups attached to an aromatic ring is 1. The third kappa shape index (κ3) is 4.83. The zero-order chi connectivity index (χ0) is 15.1. The van der Waals surface area contributed by atoms with Gasteiger partial charge in [-0.2, -0.15) is 0 Å². The van der Waals surface area contributed by atoms with Crippen LogP contribution >= 0.6 is 0 Å². The molecular formula is C16H27N3O. The molecule has 0 amide bonds. The number of ether oxygens (including phenoxy) is 1. The summed E-state index contributed by atoms with van der Waals surface area (Å²) in [7, 11) is 0. The zero-order valence-corrected chi connectivity index (χ0v) is 13.1. The summed E-state index contributed by atoms with van der Waals surface area (Å²) < 4.78 is 5.99. The van der Waals surface area contributed by atoms with Gasteiger partial charge < -0.3 is 10.5 Å². The van der Waals surface area contributed by atoms with Crippen LogP contribution in [0, 0.1) is 19.3 Å². The van der Waals surface area contributed by atoms with Crippen molar-refractivity contribution in [2.75, 3.05) is 0 Å². The number of rotatable bonds is 8. The van der Waals surface area contributed by atoms with Crippen molar-refractivity contribution in [2.24, 2.45) is 5.73 Å². The van der Waals surface area contributed by atoms with Gasteiger partial charge >= 0.3 is 0 Å². The minimum absolute atomic E-state index is 0.0168. The summed E-state index contributed by atoms with van der Waals surface area (Å²) in [5.41, 5.74) is 7.91. The number of amidine groups is 1. The van der Waals surface area contributed by atoms with Gasteiger partial charge in [0.25, 0.3) is 0 Å². The summed E-state index contributed by atoms with van der Waals surface area (Å²) >= 11 is 0. The summed E-state index contributed by atoms with van der Waals surface area (Å²) in [6.07, 6.45) is 6.10. The van der Waals surface area contributed by atoms with Crippen molar-refractivity contribution in [3.05, 3.63) is 23.0 Å². The molecule has 4 nitrogen and oxygen atoms in total. The normalized spacial score (nSPS) is 12.2. The van der Waals surface area contributed by atoms with E-state index in [4.69, 9.17) is 15.9 Å². The lowest BCUT2D eigenvalue weighted by Gasteiger charge is -2.18. The Hall–Kier alpha value is -1.58. The van der Waals surface area contributed by atoms with E-state index >= 15 is 0 Å². The summed E-state index contributed by atoms with van der Waals surface area (Å²) in [6, 6.07) is 1.87. The first-order valence-corrected chi connectivity index (χ1v) is 7.45. The Labute approximate surface area is 122 Å². The molecule has 0 aromatic carbocycles. The van der Waals surface area contributed by atoms with Gasteiger partial charge in [0.2, 0.25) is 0 Å². The second-order valence-electron chi connectivity index (χ2n) is 5.41. The molecule has 0 aliphatic rings. The van der Waals surface area contributed by atoms with E-state index in [9.17, 15) is 0 Å². The first kappa shape index (κ1) is 16.5. The van der Waals surface area contributed by atoms with E-state index in [0.717, 1.165) is 17.8 Å². The van der Waals surface area contributed by atoms with E-state index in [1.165, 1.54) is 25.7 Å². The van der Waals surface area contributed by atoms with Crippen LogP contribution in [0.25, 0.3) is 0 Å². The van der Waals surface area contributed by atoms with Crippen LogP contribution in [0.2, 0.25) is 0 Å². The molecule has 1 unspecified atom stereocenters. The molecule has 0 aliphatic heterocycles. The van der Waals surface area contributed by atoms with Gasteiger partial charge in [0.1, 0.15) is 11.6 Å². The average Bonchev–Trinajstić information content (AvgIpc) is 2.33. The average molecular weight is 277 g/mol. The summed E-state index contributed by atoms with van der Waals surface area (Å²) in [5, 5.41) is 7.68. The molecule has 0 aliphatic carbocycles. The number of pyridine rings is 1. The van der Waals surface area contributed by atoms with Crippen LogP contribution in [0.15, 0.2) is 6.07 Å². The second kappa shape index (κ2) is 7.88. The molecule has 4 heteroatoms. The van der Waals surface area contributed by atoms with Gasteiger partial charge in [-0.1, -0.05) is 26.2 Å². The number of hydrogen-bond acceptors (Lipinski definition) is 3. The van der Waals surface area contributed by atoms with Gasteiger partial charge in [-0.3, -0.25) is 10.4 Å². The van der Waals surface area contributed by atoms with Crippen molar-refractivity contribution in [1.29, 1.82) is 5.41 Å². The maximum atomic E-state index is 7.68. The molecule has 1 aromatic heterocycles. The standard InChI is InChI=1S/C16H27N3O/c1-5-6-7-8-9-12(3)20-14-10-11(2)19-13(4)15(14)16(17)18/h10,12H,5-9H2,1-4H3,(H3,17,18). The summed E-state index contributed by atoms with van der Waals surface area (Å²) in [4.78, 5) is 4.35. The van der Waals surface area contributed by atoms with Crippen molar-refractivity contribution in [2.45, 2.75) is 65.9 Å². The van der Waals surface area contributed by atoms with Crippen molar-refractivity contribution in [3.8, 4) is 5.75 Å². The Morgan fingerprint density at radius 3 is 2.65 bits per heavy atom. The highest BCUT2D eigenvalue weighted by atomic mass is 16.5. The van der Waals surface area contributed by atoms with E-state index in [1.54, 1.807) is 0 Å². The molecule has 1 aromatic rings. The van der Waals surface area contributed by atoms with E-state index in [2.05, 4.69) is 18.8 Å². The maximum absolute atomic E-state index is 7.68. The molecule has 20 heavy (non-hydrogen) atoms. The first-order valence-electron chi connectivity index (χ1n) is 7.45. The van der Waals surface area contributed by atoms with E-state index in [-0.39, 0.29) is 11.9 Å². The molecule has 0 saturated carbocycles. The largest absolute Gasteiger partial charge is 0.490 e. The molecule has 0 spiro atoms. The molecule has 112 valence electrons. The fourth-order valence-corrected chi connectivity index (χ4v) is 2.35. The van der Waals surface area contributed by atoms with Gasteiger partial charge in [-0.25, -0.2) is 0 Å². The Bertz CT molecular complexity index is 457. The van der Waals surface area contributed by atoms with Crippen LogP contribution in [-0.4, -0.2) is 16.9 Å². The van der Waals surface area contributed by atoms with E-state index in [1.807, 2.05) is 19.9 Å². The van der Waals surface area contributed by atoms with Crippen molar-refractivity contribution in [1.82, 2.24) is 4.98 Å². The number of unbranched alkanes of at least 4 members (excludes halogenated alkanes) is 3. The van der Waals surface area contributed by atoms with Gasteiger partial charge in [0.05, 0.1) is 17.4 Å². The van der Waals surface area contributed by atoms with Crippen LogP contribution < -0.4 is 10.5 Å². The Morgan fingerprint density at radius 1 is 1.35 bits per heavy atom. The lowest BCUT2D eigenvalue weighted by atomic mass is 10.1. The van der Waals surface area contributed by atoms with Crippen LogP contribution in [0.1, 0.15) is 62.9 Å². The summed E-state index contributed by atoms with van der Waals surface area (Å²) in [5.74, 6) is 0.702. The van der Waals surface area contributed by atoms with E-state index < -0.39 is 0 Å². The minimum Gasteiger partial charge on any atom is -0.490 e. The smallest absolute Gasteiger partial charge is 0.134 e. The van der Waals surface area contributed by atoms with Crippen molar-refractivity contribution >= 4 is 5.84 Å². The topological polar surface area (TPSA) is 72.0 Å². The molecule has 1 heterocycles. The predicted octanol–water partition coefficient (Wildman–Crippen LogP) is 3.72. The highest BCUT2D eigenvalue weighted by molar-refractivity contribution is 5.98. The number of nitrogens with one attached hydrogen (secondary N) is 1. The lowest BCUT2D eigenvalue weighted by molar-refractivity contribution is 0.205. The molecule has 1 rings (SSSR count). The number of nitrogens with zero attached hydrogens (tertiary/aromatic N) is 1. The Balaban J connectivity index is 2.73.